The maximum atomic E-state index is 12.8. The van der Waals surface area contributed by atoms with Crippen LogP contribution in [0.4, 0.5) is 0 Å². The SMILES string of the molecule is CCCCOc1c(Br)cc(/C=N/NC(=O)C(CC(C)C)NC(=O)c2ccc(Cl)cc2)cc1OCC. The molecule has 1 unspecified atom stereocenters. The van der Waals surface area contributed by atoms with E-state index in [1.54, 1.807) is 30.3 Å². The number of benzene rings is 2. The number of carbonyl (C=O) groups excluding carboxylic acids is 2. The zero-order valence-electron chi connectivity index (χ0n) is 20.6. The van der Waals surface area contributed by atoms with Gasteiger partial charge < -0.3 is 14.8 Å². The predicted molar refractivity (Wildman–Crippen MR) is 144 cm³/mol. The molecule has 0 bridgehead atoms. The van der Waals surface area contributed by atoms with Crippen LogP contribution < -0.4 is 20.2 Å². The first kappa shape index (κ1) is 28.7. The van der Waals surface area contributed by atoms with E-state index in [-0.39, 0.29) is 11.8 Å². The predicted octanol–water partition coefficient (Wildman–Crippen LogP) is 5.97. The van der Waals surface area contributed by atoms with Gasteiger partial charge in [0, 0.05) is 10.6 Å². The molecule has 0 aromatic heterocycles. The van der Waals surface area contributed by atoms with E-state index in [1.165, 1.54) is 6.21 Å². The minimum absolute atomic E-state index is 0.185. The van der Waals surface area contributed by atoms with E-state index in [1.807, 2.05) is 26.8 Å². The lowest BCUT2D eigenvalue weighted by Gasteiger charge is -2.19. The fourth-order valence-corrected chi connectivity index (χ4v) is 3.88. The summed E-state index contributed by atoms with van der Waals surface area (Å²) in [7, 11) is 0. The Balaban J connectivity index is 2.10. The average Bonchev–Trinajstić information content (AvgIpc) is 2.80. The van der Waals surface area contributed by atoms with Crippen molar-refractivity contribution < 1.29 is 19.1 Å². The number of unbranched alkanes of at least 4 members (excludes halogenated alkanes) is 1. The van der Waals surface area contributed by atoms with Crippen molar-refractivity contribution in [3.05, 3.63) is 57.0 Å². The first-order chi connectivity index (χ1) is 16.7. The molecular formula is C26H33BrClN3O4. The largest absolute Gasteiger partial charge is 0.490 e. The quantitative estimate of drug-likeness (QED) is 0.177. The van der Waals surface area contributed by atoms with E-state index in [9.17, 15) is 9.59 Å². The van der Waals surface area contributed by atoms with Gasteiger partial charge in [-0.1, -0.05) is 38.8 Å². The number of hydrogen-bond acceptors (Lipinski definition) is 5. The molecule has 0 radical (unpaired) electrons. The van der Waals surface area contributed by atoms with Gasteiger partial charge in [0.2, 0.25) is 0 Å². The molecule has 9 heteroatoms. The van der Waals surface area contributed by atoms with Crippen LogP contribution in [0.15, 0.2) is 46.0 Å². The summed E-state index contributed by atoms with van der Waals surface area (Å²) < 4.78 is 12.3. The highest BCUT2D eigenvalue weighted by Gasteiger charge is 2.22. The van der Waals surface area contributed by atoms with Crippen LogP contribution >= 0.6 is 27.5 Å². The molecule has 0 spiro atoms. The number of rotatable bonds is 13. The monoisotopic (exact) mass is 565 g/mol. The van der Waals surface area contributed by atoms with Crippen LogP contribution in [0.5, 0.6) is 11.5 Å². The van der Waals surface area contributed by atoms with Gasteiger partial charge in [-0.15, -0.1) is 0 Å². The Morgan fingerprint density at radius 1 is 1.14 bits per heavy atom. The molecule has 0 saturated carbocycles. The van der Waals surface area contributed by atoms with Gasteiger partial charge in [0.1, 0.15) is 6.04 Å². The highest BCUT2D eigenvalue weighted by atomic mass is 79.9. The van der Waals surface area contributed by atoms with Gasteiger partial charge in [-0.05, 0) is 83.6 Å². The number of hydrogen-bond donors (Lipinski definition) is 2. The highest BCUT2D eigenvalue weighted by Crippen LogP contribution is 2.36. The molecule has 35 heavy (non-hydrogen) atoms. The van der Waals surface area contributed by atoms with Crippen molar-refractivity contribution in [2.24, 2.45) is 11.0 Å². The van der Waals surface area contributed by atoms with Crippen LogP contribution in [-0.4, -0.2) is 37.3 Å². The lowest BCUT2D eigenvalue weighted by molar-refractivity contribution is -0.123. The summed E-state index contributed by atoms with van der Waals surface area (Å²) in [5.74, 6) is 0.670. The third-order valence-corrected chi connectivity index (χ3v) is 5.74. The van der Waals surface area contributed by atoms with E-state index in [0.717, 1.165) is 17.3 Å². The van der Waals surface area contributed by atoms with Gasteiger partial charge in [-0.3, -0.25) is 9.59 Å². The number of nitrogens with zero attached hydrogens (tertiary/aromatic N) is 1. The molecule has 2 amide bonds. The molecule has 0 aliphatic carbocycles. The van der Waals surface area contributed by atoms with Crippen LogP contribution in [0.25, 0.3) is 0 Å². The van der Waals surface area contributed by atoms with Gasteiger partial charge in [-0.25, -0.2) is 5.43 Å². The third kappa shape index (κ3) is 9.53. The molecule has 7 nitrogen and oxygen atoms in total. The van der Waals surface area contributed by atoms with Crippen molar-refractivity contribution in [3.8, 4) is 11.5 Å². The summed E-state index contributed by atoms with van der Waals surface area (Å²) in [6.45, 7) is 9.04. The molecule has 0 aliphatic heterocycles. The summed E-state index contributed by atoms with van der Waals surface area (Å²) in [6.07, 6.45) is 3.96. The third-order valence-electron chi connectivity index (χ3n) is 4.90. The van der Waals surface area contributed by atoms with Crippen LogP contribution in [-0.2, 0) is 4.79 Å². The molecule has 0 aliphatic rings. The Morgan fingerprint density at radius 3 is 2.49 bits per heavy atom. The number of carbonyl (C=O) groups is 2. The second kappa shape index (κ2) is 14.7. The number of ether oxygens (including phenoxy) is 2. The number of hydrazone groups is 1. The topological polar surface area (TPSA) is 89.0 Å². The van der Waals surface area contributed by atoms with Gasteiger partial charge in [-0.2, -0.15) is 5.10 Å². The molecule has 2 aromatic rings. The Morgan fingerprint density at radius 2 is 1.86 bits per heavy atom. The second-order valence-electron chi connectivity index (χ2n) is 8.36. The number of nitrogens with one attached hydrogen (secondary N) is 2. The zero-order valence-corrected chi connectivity index (χ0v) is 22.9. The Kier molecular flexibility index (Phi) is 12.1. The summed E-state index contributed by atoms with van der Waals surface area (Å²) in [6, 6.07) is 9.40. The normalized spacial score (nSPS) is 12.0. The summed E-state index contributed by atoms with van der Waals surface area (Å²) in [5, 5.41) is 7.42. The standard InChI is InChI=1S/C26H33BrClN3O4/c1-5-7-12-35-24-21(27)14-18(15-23(24)34-6-2)16-29-31-26(33)22(13-17(3)4)30-25(32)19-8-10-20(28)11-9-19/h8-11,14-17,22H,5-7,12-13H2,1-4H3,(H,30,32)(H,31,33)/b29-16+. The molecule has 2 N–H and O–H groups in total. The van der Waals surface area contributed by atoms with Gasteiger partial charge >= 0.3 is 0 Å². The summed E-state index contributed by atoms with van der Waals surface area (Å²) in [5.41, 5.74) is 3.68. The Hall–Kier alpha value is -2.58. The van der Waals surface area contributed by atoms with Crippen molar-refractivity contribution >= 4 is 45.6 Å². The van der Waals surface area contributed by atoms with Crippen molar-refractivity contribution in [1.29, 1.82) is 0 Å². The van der Waals surface area contributed by atoms with E-state index in [2.05, 4.69) is 38.7 Å². The Labute approximate surface area is 220 Å². The molecule has 0 heterocycles. The lowest BCUT2D eigenvalue weighted by Crippen LogP contribution is -2.46. The summed E-state index contributed by atoms with van der Waals surface area (Å²) in [4.78, 5) is 25.4. The number of amides is 2. The molecule has 0 saturated heterocycles. The van der Waals surface area contributed by atoms with Crippen molar-refractivity contribution in [3.63, 3.8) is 0 Å². The van der Waals surface area contributed by atoms with Gasteiger partial charge in [0.25, 0.3) is 11.8 Å². The van der Waals surface area contributed by atoms with Crippen LogP contribution in [0.1, 0.15) is 62.9 Å². The smallest absolute Gasteiger partial charge is 0.262 e. The molecular weight excluding hydrogens is 534 g/mol. The first-order valence-corrected chi connectivity index (χ1v) is 12.9. The van der Waals surface area contributed by atoms with Gasteiger partial charge in [0.05, 0.1) is 23.9 Å². The summed E-state index contributed by atoms with van der Waals surface area (Å²) >= 11 is 9.43. The maximum Gasteiger partial charge on any atom is 0.262 e. The Bertz CT molecular complexity index is 1010. The van der Waals surface area contributed by atoms with Crippen molar-refractivity contribution in [2.75, 3.05) is 13.2 Å². The fraction of sp³-hybridized carbons (Fsp3) is 0.423. The second-order valence-corrected chi connectivity index (χ2v) is 9.65. The first-order valence-electron chi connectivity index (χ1n) is 11.7. The van der Waals surface area contributed by atoms with Crippen molar-refractivity contribution in [2.45, 2.75) is 53.0 Å². The van der Waals surface area contributed by atoms with E-state index < -0.39 is 11.9 Å². The van der Waals surface area contributed by atoms with Crippen LogP contribution in [0.2, 0.25) is 5.02 Å². The average molecular weight is 567 g/mol. The van der Waals surface area contributed by atoms with Gasteiger partial charge in [0.15, 0.2) is 11.5 Å². The fourth-order valence-electron chi connectivity index (χ4n) is 3.18. The maximum absolute atomic E-state index is 12.8. The molecule has 0 fully saturated rings. The van der Waals surface area contributed by atoms with E-state index in [0.29, 0.717) is 47.3 Å². The molecule has 2 rings (SSSR count). The minimum Gasteiger partial charge on any atom is -0.490 e. The lowest BCUT2D eigenvalue weighted by atomic mass is 10.0. The zero-order chi connectivity index (χ0) is 25.8. The highest BCUT2D eigenvalue weighted by molar-refractivity contribution is 9.10. The van der Waals surface area contributed by atoms with Crippen LogP contribution in [0, 0.1) is 5.92 Å². The van der Waals surface area contributed by atoms with E-state index in [4.69, 9.17) is 21.1 Å². The van der Waals surface area contributed by atoms with E-state index >= 15 is 0 Å². The van der Waals surface area contributed by atoms with Crippen LogP contribution in [0.3, 0.4) is 0 Å². The molecule has 190 valence electrons. The molecule has 1 atom stereocenters. The van der Waals surface area contributed by atoms with Crippen molar-refractivity contribution in [1.82, 2.24) is 10.7 Å². The minimum atomic E-state index is -0.740. The molecule has 2 aromatic carbocycles. The number of halogens is 2.